The van der Waals surface area contributed by atoms with Gasteiger partial charge in [-0.3, -0.25) is 14.4 Å². The maximum absolute atomic E-state index is 13.1. The number of piperidine rings is 1. The maximum atomic E-state index is 13.1. The number of carbonyl (C=O) groups excluding carboxylic acids is 2. The predicted molar refractivity (Wildman–Crippen MR) is 154 cm³/mol. The summed E-state index contributed by atoms with van der Waals surface area (Å²) in [6.45, 7) is 13.2. The van der Waals surface area contributed by atoms with Crippen molar-refractivity contribution in [3.8, 4) is 11.4 Å². The third kappa shape index (κ3) is 8.96. The fourth-order valence-corrected chi connectivity index (χ4v) is 4.72. The molecule has 2 amide bonds. The summed E-state index contributed by atoms with van der Waals surface area (Å²) in [4.78, 5) is 45.0. The molecule has 1 saturated heterocycles. The van der Waals surface area contributed by atoms with Crippen molar-refractivity contribution < 1.29 is 23.9 Å². The molecule has 2 heterocycles. The van der Waals surface area contributed by atoms with Crippen LogP contribution in [-0.2, 0) is 14.4 Å². The molecule has 0 spiro atoms. The van der Waals surface area contributed by atoms with Crippen LogP contribution in [0.4, 0.5) is 10.6 Å². The van der Waals surface area contributed by atoms with Gasteiger partial charge in [-0.05, 0) is 45.0 Å². The van der Waals surface area contributed by atoms with E-state index in [0.29, 0.717) is 49.7 Å². The van der Waals surface area contributed by atoms with E-state index in [-0.39, 0.29) is 28.8 Å². The summed E-state index contributed by atoms with van der Waals surface area (Å²) in [7, 11) is -1.45. The highest BCUT2D eigenvalue weighted by Crippen LogP contribution is 2.29. The molecule has 10 nitrogen and oxygen atoms in total. The number of likely N-dealkylation sites (tertiary alicyclic amines) is 1. The second-order valence-electron chi connectivity index (χ2n) is 11.5. The Labute approximate surface area is 239 Å². The minimum Gasteiger partial charge on any atom is -0.486 e. The quantitative estimate of drug-likeness (QED) is 0.212. The van der Waals surface area contributed by atoms with Gasteiger partial charge >= 0.3 is 6.09 Å². The third-order valence-electron chi connectivity index (χ3n) is 5.80. The van der Waals surface area contributed by atoms with Crippen LogP contribution >= 0.6 is 23.2 Å². The molecule has 2 aromatic rings. The average molecular weight is 600 g/mol. The minimum absolute atomic E-state index is 0.0285. The van der Waals surface area contributed by atoms with Gasteiger partial charge in [0, 0.05) is 34.0 Å². The van der Waals surface area contributed by atoms with Gasteiger partial charge in [0.1, 0.15) is 11.7 Å². The first-order valence-electron chi connectivity index (χ1n) is 12.8. The van der Waals surface area contributed by atoms with Crippen LogP contribution in [0.5, 0.6) is 5.75 Å². The molecule has 0 unspecified atom stereocenters. The number of anilines is 1. The van der Waals surface area contributed by atoms with Crippen molar-refractivity contribution >= 4 is 49.6 Å². The lowest BCUT2D eigenvalue weighted by molar-refractivity contribution is -0.114. The van der Waals surface area contributed by atoms with E-state index >= 15 is 0 Å². The van der Waals surface area contributed by atoms with Crippen molar-refractivity contribution in [1.82, 2.24) is 14.7 Å². The molecule has 0 aliphatic carbocycles. The Morgan fingerprint density at radius 1 is 1.15 bits per heavy atom. The van der Waals surface area contributed by atoms with E-state index in [9.17, 15) is 14.4 Å². The van der Waals surface area contributed by atoms with Crippen LogP contribution in [0.3, 0.4) is 0 Å². The second kappa shape index (κ2) is 12.7. The summed E-state index contributed by atoms with van der Waals surface area (Å²) >= 11 is 12.2. The molecule has 0 radical (unpaired) electrons. The van der Waals surface area contributed by atoms with Crippen molar-refractivity contribution in [3.63, 3.8) is 0 Å². The van der Waals surface area contributed by atoms with Crippen molar-refractivity contribution in [2.75, 3.05) is 24.8 Å². The standard InChI is InChI=1S/C26H36Cl2N4O6Si/c1-26(2,3)38-25(35)30-11-9-19(10-12-30)37-22-16-23(34)32(18-7-8-20(27)21(28)15-18)29-24(22)31(17-33)36-13-14-39(4,5)6/h7-8,15-17,19H,9-14H2,1-6H3. The summed E-state index contributed by atoms with van der Waals surface area (Å²) in [5.41, 5.74) is -0.719. The Bertz CT molecular complexity index is 1240. The SMILES string of the molecule is CC(C)(C)OC(=O)N1CCC(Oc2cc(=O)n(-c3ccc(Cl)c(Cl)c3)nc2N(C=O)OCC[Si](C)(C)C)CC1. The van der Waals surface area contributed by atoms with E-state index in [1.54, 1.807) is 17.0 Å². The maximum Gasteiger partial charge on any atom is 0.410 e. The Balaban J connectivity index is 1.87. The number of ether oxygens (including phenoxy) is 2. The number of halogens is 2. The van der Waals surface area contributed by atoms with Crippen molar-refractivity contribution in [2.45, 2.75) is 71.0 Å². The van der Waals surface area contributed by atoms with Gasteiger partial charge < -0.3 is 14.4 Å². The van der Waals surface area contributed by atoms with Crippen LogP contribution in [0.15, 0.2) is 29.1 Å². The van der Waals surface area contributed by atoms with Gasteiger partial charge in [0.15, 0.2) is 5.75 Å². The van der Waals surface area contributed by atoms with Crippen LogP contribution < -0.4 is 15.4 Å². The first kappa shape index (κ1) is 30.9. The largest absolute Gasteiger partial charge is 0.486 e. The van der Waals surface area contributed by atoms with Gasteiger partial charge in [-0.25, -0.2) is 4.79 Å². The molecule has 0 N–H and O–H groups in total. The summed E-state index contributed by atoms with van der Waals surface area (Å²) in [6.07, 6.45) is 0.808. The number of amides is 2. The zero-order chi connectivity index (χ0) is 29.0. The van der Waals surface area contributed by atoms with Gasteiger partial charge in [0.2, 0.25) is 12.2 Å². The topological polar surface area (TPSA) is 103 Å². The Hall–Kier alpha value is -2.60. The van der Waals surface area contributed by atoms with Gasteiger partial charge in [0.05, 0.1) is 28.4 Å². The molecule has 214 valence electrons. The molecule has 1 aromatic carbocycles. The zero-order valence-electron chi connectivity index (χ0n) is 23.2. The van der Waals surface area contributed by atoms with Crippen molar-refractivity contribution in [2.24, 2.45) is 0 Å². The molecule has 1 aliphatic rings. The van der Waals surface area contributed by atoms with E-state index in [2.05, 4.69) is 24.7 Å². The van der Waals surface area contributed by atoms with Crippen LogP contribution in [0.1, 0.15) is 33.6 Å². The smallest absolute Gasteiger partial charge is 0.410 e. The highest BCUT2D eigenvalue weighted by Gasteiger charge is 2.29. The second-order valence-corrected chi connectivity index (χ2v) is 18.0. The Kier molecular flexibility index (Phi) is 10.1. The lowest BCUT2D eigenvalue weighted by Gasteiger charge is -2.33. The van der Waals surface area contributed by atoms with E-state index < -0.39 is 19.2 Å². The average Bonchev–Trinajstić information content (AvgIpc) is 2.83. The van der Waals surface area contributed by atoms with Crippen LogP contribution in [0, 0.1) is 0 Å². The molecule has 1 aromatic heterocycles. The Morgan fingerprint density at radius 3 is 2.38 bits per heavy atom. The summed E-state index contributed by atoms with van der Waals surface area (Å²) in [6, 6.07) is 6.73. The fourth-order valence-electron chi connectivity index (χ4n) is 3.73. The number of nitrogens with zero attached hydrogens (tertiary/aromatic N) is 4. The van der Waals surface area contributed by atoms with E-state index in [1.807, 2.05) is 20.8 Å². The number of hydrogen-bond donors (Lipinski definition) is 0. The monoisotopic (exact) mass is 598 g/mol. The number of carbonyl (C=O) groups is 2. The molecule has 3 rings (SSSR count). The van der Waals surface area contributed by atoms with Crippen LogP contribution in [0.2, 0.25) is 35.7 Å². The van der Waals surface area contributed by atoms with E-state index in [4.69, 9.17) is 37.5 Å². The fraction of sp³-hybridized carbons (Fsp3) is 0.538. The third-order valence-corrected chi connectivity index (χ3v) is 8.24. The summed E-state index contributed by atoms with van der Waals surface area (Å²) in [5.74, 6) is 0.132. The first-order valence-corrected chi connectivity index (χ1v) is 17.2. The zero-order valence-corrected chi connectivity index (χ0v) is 25.7. The van der Waals surface area contributed by atoms with Crippen molar-refractivity contribution in [1.29, 1.82) is 0 Å². The minimum atomic E-state index is -1.45. The molecule has 1 fully saturated rings. The molecule has 0 saturated carbocycles. The molecular weight excluding hydrogens is 563 g/mol. The van der Waals surface area contributed by atoms with E-state index in [1.165, 1.54) is 12.1 Å². The normalized spacial score (nSPS) is 14.7. The van der Waals surface area contributed by atoms with Crippen LogP contribution in [0.25, 0.3) is 5.69 Å². The highest BCUT2D eigenvalue weighted by atomic mass is 35.5. The summed E-state index contributed by atoms with van der Waals surface area (Å²) in [5, 5.41) is 5.99. The molecular formula is C26H36Cl2N4O6Si. The number of hydroxylamine groups is 1. The molecule has 1 aliphatic heterocycles. The van der Waals surface area contributed by atoms with Crippen molar-refractivity contribution in [3.05, 3.63) is 44.7 Å². The number of hydrogen-bond acceptors (Lipinski definition) is 7. The Morgan fingerprint density at radius 2 is 1.82 bits per heavy atom. The molecule has 13 heteroatoms. The lowest BCUT2D eigenvalue weighted by Crippen LogP contribution is -2.44. The van der Waals surface area contributed by atoms with Gasteiger partial charge in [0.25, 0.3) is 5.56 Å². The molecule has 0 atom stereocenters. The van der Waals surface area contributed by atoms with E-state index in [0.717, 1.165) is 15.8 Å². The highest BCUT2D eigenvalue weighted by molar-refractivity contribution is 6.76. The number of aromatic nitrogens is 2. The van der Waals surface area contributed by atoms with Crippen LogP contribution in [-0.4, -0.2) is 66.7 Å². The first-order chi connectivity index (χ1) is 18.2. The number of rotatable bonds is 9. The lowest BCUT2D eigenvalue weighted by atomic mass is 10.1. The number of benzene rings is 1. The molecule has 39 heavy (non-hydrogen) atoms. The van der Waals surface area contributed by atoms with Gasteiger partial charge in [-0.2, -0.15) is 9.75 Å². The predicted octanol–water partition coefficient (Wildman–Crippen LogP) is 5.55. The molecule has 0 bridgehead atoms. The summed E-state index contributed by atoms with van der Waals surface area (Å²) < 4.78 is 12.8. The van der Waals surface area contributed by atoms with Gasteiger partial charge in [-0.15, -0.1) is 5.10 Å². The van der Waals surface area contributed by atoms with Gasteiger partial charge in [-0.1, -0.05) is 42.8 Å².